The predicted octanol–water partition coefficient (Wildman–Crippen LogP) is 3.65. The summed E-state index contributed by atoms with van der Waals surface area (Å²) in [6.45, 7) is 10.0. The van der Waals surface area contributed by atoms with Gasteiger partial charge in [0.25, 0.3) is 5.91 Å². The number of hydrogen-bond acceptors (Lipinski definition) is 5. The van der Waals surface area contributed by atoms with Crippen LogP contribution >= 0.6 is 0 Å². The summed E-state index contributed by atoms with van der Waals surface area (Å²) >= 11 is 0. The van der Waals surface area contributed by atoms with Gasteiger partial charge in [0.1, 0.15) is 0 Å². The Morgan fingerprint density at radius 3 is 2.31 bits per heavy atom. The number of carbonyl (C=O) groups is 2. The van der Waals surface area contributed by atoms with Crippen LogP contribution in [-0.4, -0.2) is 36.1 Å². The number of ether oxygens (including phenoxy) is 1. The molecule has 1 aliphatic carbocycles. The molecule has 1 amide bonds. The number of esters is 1. The lowest BCUT2D eigenvalue weighted by molar-refractivity contribution is -0.142. The van der Waals surface area contributed by atoms with Crippen molar-refractivity contribution in [1.29, 1.82) is 0 Å². The monoisotopic (exact) mass is 403 g/mol. The second-order valence-corrected chi connectivity index (χ2v) is 9.05. The fourth-order valence-electron chi connectivity index (χ4n) is 3.99. The molecular formula is C23H37N3O3. The molecule has 3 N–H and O–H groups in total. The van der Waals surface area contributed by atoms with Crippen LogP contribution in [0.25, 0.3) is 0 Å². The number of benzene rings is 1. The molecule has 0 aromatic heterocycles. The molecule has 6 nitrogen and oxygen atoms in total. The van der Waals surface area contributed by atoms with Gasteiger partial charge in [-0.15, -0.1) is 0 Å². The van der Waals surface area contributed by atoms with Gasteiger partial charge in [0.05, 0.1) is 13.0 Å². The van der Waals surface area contributed by atoms with Gasteiger partial charge in [-0.3, -0.25) is 15.4 Å². The molecule has 0 atom stereocenters. The molecule has 1 aromatic rings. The Labute approximate surface area is 175 Å². The Balaban J connectivity index is 1.78. The first-order chi connectivity index (χ1) is 13.7. The summed E-state index contributed by atoms with van der Waals surface area (Å²) in [7, 11) is 0. The van der Waals surface area contributed by atoms with Gasteiger partial charge in [-0.1, -0.05) is 32.9 Å². The lowest BCUT2D eigenvalue weighted by Gasteiger charge is -2.39. The number of amides is 1. The number of carbonyl (C=O) groups excluding carboxylic acids is 2. The van der Waals surface area contributed by atoms with Gasteiger partial charge in [0, 0.05) is 24.7 Å². The van der Waals surface area contributed by atoms with Crippen molar-refractivity contribution in [1.82, 2.24) is 10.3 Å². The van der Waals surface area contributed by atoms with Gasteiger partial charge < -0.3 is 10.1 Å². The van der Waals surface area contributed by atoms with Gasteiger partial charge in [0.15, 0.2) is 0 Å². The quantitative estimate of drug-likeness (QED) is 0.393. The minimum absolute atomic E-state index is 0.178. The Morgan fingerprint density at radius 1 is 1.14 bits per heavy atom. The third-order valence-corrected chi connectivity index (χ3v) is 5.89. The van der Waals surface area contributed by atoms with Crippen molar-refractivity contribution in [3.63, 3.8) is 0 Å². The summed E-state index contributed by atoms with van der Waals surface area (Å²) in [4.78, 5) is 23.5. The standard InChI is InChI=1S/C23H37N3O3/c1-5-29-21(27)14-15-25-22(28)18-8-6-17(7-9-18)16-26(24)20-12-10-19(11-13-20)23(2,3)4/h6-9,19-20H,5,10-16,24H2,1-4H3,(H,25,28). The summed E-state index contributed by atoms with van der Waals surface area (Å²) < 4.78 is 4.85. The zero-order valence-electron chi connectivity index (χ0n) is 18.4. The highest BCUT2D eigenvalue weighted by Crippen LogP contribution is 2.38. The molecule has 0 radical (unpaired) electrons. The maximum Gasteiger partial charge on any atom is 0.307 e. The van der Waals surface area contributed by atoms with Crippen LogP contribution in [0.3, 0.4) is 0 Å². The second kappa shape index (κ2) is 10.7. The Kier molecular flexibility index (Phi) is 8.65. The van der Waals surface area contributed by atoms with Crippen LogP contribution in [0, 0.1) is 11.3 Å². The maximum atomic E-state index is 12.2. The summed E-state index contributed by atoms with van der Waals surface area (Å²) in [5, 5.41) is 4.69. The van der Waals surface area contributed by atoms with Gasteiger partial charge >= 0.3 is 5.97 Å². The summed E-state index contributed by atoms with van der Waals surface area (Å²) in [6.07, 6.45) is 4.91. The van der Waals surface area contributed by atoms with Crippen LogP contribution < -0.4 is 11.2 Å². The van der Waals surface area contributed by atoms with Gasteiger partial charge in [-0.2, -0.15) is 0 Å². The van der Waals surface area contributed by atoms with Crippen LogP contribution in [0.4, 0.5) is 0 Å². The number of rotatable bonds is 8. The Morgan fingerprint density at radius 2 is 1.76 bits per heavy atom. The molecule has 29 heavy (non-hydrogen) atoms. The lowest BCUT2D eigenvalue weighted by atomic mass is 9.71. The van der Waals surface area contributed by atoms with Crippen molar-refractivity contribution in [2.75, 3.05) is 13.2 Å². The molecule has 0 bridgehead atoms. The first-order valence-corrected chi connectivity index (χ1v) is 10.7. The van der Waals surface area contributed by atoms with E-state index in [4.69, 9.17) is 10.6 Å². The molecule has 0 spiro atoms. The molecule has 0 unspecified atom stereocenters. The fraction of sp³-hybridized carbons (Fsp3) is 0.652. The van der Waals surface area contributed by atoms with Gasteiger partial charge in [0.2, 0.25) is 0 Å². The Hall–Kier alpha value is -1.92. The van der Waals surface area contributed by atoms with E-state index in [1.54, 1.807) is 19.1 Å². The molecule has 0 saturated heterocycles. The highest BCUT2D eigenvalue weighted by atomic mass is 16.5. The van der Waals surface area contributed by atoms with Crippen LogP contribution in [0.5, 0.6) is 0 Å². The predicted molar refractivity (Wildman–Crippen MR) is 115 cm³/mol. The second-order valence-electron chi connectivity index (χ2n) is 9.05. The molecule has 6 heteroatoms. The van der Waals surface area contributed by atoms with E-state index in [1.165, 1.54) is 12.8 Å². The molecule has 2 rings (SSSR count). The SMILES string of the molecule is CCOC(=O)CCNC(=O)c1ccc(CN(N)C2CCC(C(C)(C)C)CC2)cc1. The zero-order valence-corrected chi connectivity index (χ0v) is 18.4. The van der Waals surface area contributed by atoms with Crippen molar-refractivity contribution in [2.24, 2.45) is 17.2 Å². The molecule has 1 fully saturated rings. The van der Waals surface area contributed by atoms with E-state index < -0.39 is 0 Å². The number of hydrazine groups is 1. The normalized spacial score (nSPS) is 19.8. The fourth-order valence-corrected chi connectivity index (χ4v) is 3.99. The molecule has 162 valence electrons. The van der Waals surface area contributed by atoms with E-state index in [1.807, 2.05) is 17.1 Å². The van der Waals surface area contributed by atoms with E-state index in [2.05, 4.69) is 26.1 Å². The summed E-state index contributed by atoms with van der Waals surface area (Å²) in [5.41, 5.74) is 2.04. The molecule has 1 aromatic carbocycles. The van der Waals surface area contributed by atoms with Crippen molar-refractivity contribution in [3.05, 3.63) is 35.4 Å². The van der Waals surface area contributed by atoms with Crippen molar-refractivity contribution in [2.45, 2.75) is 72.4 Å². The first kappa shape index (κ1) is 23.4. The van der Waals surface area contributed by atoms with Crippen LogP contribution in [-0.2, 0) is 16.1 Å². The highest BCUT2D eigenvalue weighted by Gasteiger charge is 2.31. The highest BCUT2D eigenvalue weighted by molar-refractivity contribution is 5.94. The third-order valence-electron chi connectivity index (χ3n) is 5.89. The number of nitrogens with zero attached hydrogens (tertiary/aromatic N) is 1. The van der Waals surface area contributed by atoms with Crippen LogP contribution in [0.2, 0.25) is 0 Å². The average Bonchev–Trinajstić information content (AvgIpc) is 2.68. The minimum Gasteiger partial charge on any atom is -0.466 e. The first-order valence-electron chi connectivity index (χ1n) is 10.7. The third kappa shape index (κ3) is 7.44. The van der Waals surface area contributed by atoms with E-state index in [0.29, 0.717) is 30.2 Å². The smallest absolute Gasteiger partial charge is 0.307 e. The average molecular weight is 404 g/mol. The number of nitrogens with two attached hydrogens (primary N) is 1. The maximum absolute atomic E-state index is 12.2. The van der Waals surface area contributed by atoms with Gasteiger partial charge in [-0.05, 0) is 61.6 Å². The lowest BCUT2D eigenvalue weighted by Crippen LogP contribution is -2.43. The van der Waals surface area contributed by atoms with Crippen LogP contribution in [0.1, 0.15) is 75.7 Å². The molecular weight excluding hydrogens is 366 g/mol. The molecule has 0 aliphatic heterocycles. The molecule has 1 saturated carbocycles. The summed E-state index contributed by atoms with van der Waals surface area (Å²) in [5.74, 6) is 6.64. The minimum atomic E-state index is -0.303. The van der Waals surface area contributed by atoms with Crippen molar-refractivity contribution < 1.29 is 14.3 Å². The summed E-state index contributed by atoms with van der Waals surface area (Å²) in [6, 6.07) is 7.92. The van der Waals surface area contributed by atoms with E-state index in [9.17, 15) is 9.59 Å². The Bertz CT molecular complexity index is 659. The van der Waals surface area contributed by atoms with Gasteiger partial charge in [-0.25, -0.2) is 5.01 Å². The zero-order chi connectivity index (χ0) is 21.4. The largest absolute Gasteiger partial charge is 0.466 e. The van der Waals surface area contributed by atoms with E-state index in [-0.39, 0.29) is 24.8 Å². The van der Waals surface area contributed by atoms with Crippen molar-refractivity contribution >= 4 is 11.9 Å². The van der Waals surface area contributed by atoms with E-state index in [0.717, 1.165) is 24.3 Å². The topological polar surface area (TPSA) is 84.7 Å². The number of hydrogen-bond donors (Lipinski definition) is 2. The molecule has 0 heterocycles. The molecule has 1 aliphatic rings. The van der Waals surface area contributed by atoms with E-state index >= 15 is 0 Å². The van der Waals surface area contributed by atoms with Crippen molar-refractivity contribution in [3.8, 4) is 0 Å². The number of nitrogens with one attached hydrogen (secondary N) is 1. The van der Waals surface area contributed by atoms with Crippen LogP contribution in [0.15, 0.2) is 24.3 Å².